The van der Waals surface area contributed by atoms with Gasteiger partial charge < -0.3 is 20.4 Å². The molecule has 3 aromatic rings. The molecule has 1 heterocycles. The average Bonchev–Trinajstić information content (AvgIpc) is 3.12. The molecule has 3 rings (SSSR count). The van der Waals surface area contributed by atoms with E-state index in [1.54, 1.807) is 19.2 Å². The molecule has 6 nitrogen and oxygen atoms in total. The molecule has 0 aliphatic rings. The normalized spacial score (nSPS) is 12.2. The fourth-order valence-corrected chi connectivity index (χ4v) is 2.70. The smallest absolute Gasteiger partial charge is 0.422 e. The third-order valence-electron chi connectivity index (χ3n) is 4.10. The van der Waals surface area contributed by atoms with Gasteiger partial charge in [-0.15, -0.1) is 0 Å². The SMILES string of the molecule is CN=C(NCCc1nc2ccccc2[nH]1)NCc1ccc(OCC(F)(F)F)cc1. The molecule has 0 bridgehead atoms. The van der Waals surface area contributed by atoms with Crippen molar-refractivity contribution < 1.29 is 17.9 Å². The first-order chi connectivity index (χ1) is 13.9. The second kappa shape index (κ2) is 9.31. The fourth-order valence-electron chi connectivity index (χ4n) is 2.70. The van der Waals surface area contributed by atoms with Crippen LogP contribution in [-0.2, 0) is 13.0 Å². The monoisotopic (exact) mass is 405 g/mol. The molecule has 0 atom stereocenters. The van der Waals surface area contributed by atoms with E-state index in [-0.39, 0.29) is 5.75 Å². The first-order valence-corrected chi connectivity index (χ1v) is 9.09. The average molecular weight is 405 g/mol. The summed E-state index contributed by atoms with van der Waals surface area (Å²) in [6.07, 6.45) is -3.64. The summed E-state index contributed by atoms with van der Waals surface area (Å²) in [4.78, 5) is 12.0. The predicted octanol–water partition coefficient (Wildman–Crippen LogP) is 3.41. The van der Waals surface area contributed by atoms with Gasteiger partial charge in [-0.05, 0) is 29.8 Å². The Balaban J connectivity index is 1.43. The van der Waals surface area contributed by atoms with E-state index in [2.05, 4.69) is 25.6 Å². The summed E-state index contributed by atoms with van der Waals surface area (Å²) in [6, 6.07) is 14.3. The zero-order chi connectivity index (χ0) is 20.7. The van der Waals surface area contributed by atoms with E-state index in [0.29, 0.717) is 25.5 Å². The number of ether oxygens (including phenoxy) is 1. The van der Waals surface area contributed by atoms with Crippen LogP contribution in [0.5, 0.6) is 5.75 Å². The first kappa shape index (κ1) is 20.5. The number of nitrogens with zero attached hydrogens (tertiary/aromatic N) is 2. The molecule has 1 aromatic heterocycles. The quantitative estimate of drug-likeness (QED) is 0.416. The number of hydrogen-bond acceptors (Lipinski definition) is 3. The zero-order valence-corrected chi connectivity index (χ0v) is 15.9. The third kappa shape index (κ3) is 6.41. The summed E-state index contributed by atoms with van der Waals surface area (Å²) < 4.78 is 41.2. The highest BCUT2D eigenvalue weighted by Crippen LogP contribution is 2.18. The van der Waals surface area contributed by atoms with Crippen molar-refractivity contribution in [2.75, 3.05) is 20.2 Å². The second-order valence-corrected chi connectivity index (χ2v) is 6.35. The van der Waals surface area contributed by atoms with Crippen LogP contribution in [0.2, 0.25) is 0 Å². The maximum absolute atomic E-state index is 12.2. The minimum Gasteiger partial charge on any atom is -0.484 e. The van der Waals surface area contributed by atoms with Gasteiger partial charge in [0.2, 0.25) is 0 Å². The molecular formula is C20H22F3N5O. The number of hydrogen-bond donors (Lipinski definition) is 3. The number of aromatic nitrogens is 2. The number of halogens is 3. The van der Waals surface area contributed by atoms with Crippen LogP contribution < -0.4 is 15.4 Å². The Morgan fingerprint density at radius 2 is 1.86 bits per heavy atom. The molecule has 2 aromatic carbocycles. The lowest BCUT2D eigenvalue weighted by molar-refractivity contribution is -0.153. The van der Waals surface area contributed by atoms with Gasteiger partial charge >= 0.3 is 6.18 Å². The molecule has 0 aliphatic carbocycles. The molecule has 0 radical (unpaired) electrons. The minimum absolute atomic E-state index is 0.180. The highest BCUT2D eigenvalue weighted by atomic mass is 19.4. The standard InChI is InChI=1S/C20H22F3N5O/c1-24-19(25-11-10-18-27-16-4-2-3-5-17(16)28-18)26-12-14-6-8-15(9-7-14)29-13-20(21,22)23/h2-9H,10-13H2,1H3,(H,27,28)(H2,24,25,26). The van der Waals surface area contributed by atoms with Crippen LogP contribution in [0.4, 0.5) is 13.2 Å². The Morgan fingerprint density at radius 3 is 2.55 bits per heavy atom. The molecule has 0 aliphatic heterocycles. The van der Waals surface area contributed by atoms with Gasteiger partial charge in [0.25, 0.3) is 0 Å². The van der Waals surface area contributed by atoms with Crippen molar-refractivity contribution >= 4 is 17.0 Å². The van der Waals surface area contributed by atoms with Crippen molar-refractivity contribution in [3.05, 3.63) is 59.9 Å². The van der Waals surface area contributed by atoms with Gasteiger partial charge in [0.1, 0.15) is 11.6 Å². The zero-order valence-electron chi connectivity index (χ0n) is 15.9. The molecule has 0 saturated heterocycles. The number of imidazole rings is 1. The molecular weight excluding hydrogens is 383 g/mol. The van der Waals surface area contributed by atoms with Gasteiger partial charge in [0, 0.05) is 26.6 Å². The Morgan fingerprint density at radius 1 is 1.10 bits per heavy atom. The van der Waals surface area contributed by atoms with E-state index in [9.17, 15) is 13.2 Å². The number of guanidine groups is 1. The highest BCUT2D eigenvalue weighted by molar-refractivity contribution is 5.79. The summed E-state index contributed by atoms with van der Waals surface area (Å²) in [5, 5.41) is 6.37. The lowest BCUT2D eigenvalue weighted by Crippen LogP contribution is -2.37. The Hall–Kier alpha value is -3.23. The first-order valence-electron chi connectivity index (χ1n) is 9.09. The lowest BCUT2D eigenvalue weighted by Gasteiger charge is -2.12. The fraction of sp³-hybridized carbons (Fsp3) is 0.300. The number of rotatable bonds is 7. The van der Waals surface area contributed by atoms with Crippen molar-refractivity contribution in [2.24, 2.45) is 4.99 Å². The summed E-state index contributed by atoms with van der Waals surface area (Å²) in [5.74, 6) is 1.70. The molecule has 154 valence electrons. The van der Waals surface area contributed by atoms with Crippen molar-refractivity contribution in [3.8, 4) is 5.75 Å². The number of H-pyrrole nitrogens is 1. The van der Waals surface area contributed by atoms with Crippen LogP contribution >= 0.6 is 0 Å². The van der Waals surface area contributed by atoms with E-state index in [0.717, 1.165) is 22.4 Å². The maximum atomic E-state index is 12.2. The van der Waals surface area contributed by atoms with Crippen LogP contribution in [0.25, 0.3) is 11.0 Å². The van der Waals surface area contributed by atoms with Gasteiger partial charge in [0.15, 0.2) is 12.6 Å². The molecule has 0 spiro atoms. The van der Waals surface area contributed by atoms with E-state index >= 15 is 0 Å². The largest absolute Gasteiger partial charge is 0.484 e. The number of para-hydroxylation sites is 2. The molecule has 29 heavy (non-hydrogen) atoms. The van der Waals surface area contributed by atoms with Gasteiger partial charge in [0.05, 0.1) is 11.0 Å². The summed E-state index contributed by atoms with van der Waals surface area (Å²) in [5.41, 5.74) is 2.84. The Kier molecular flexibility index (Phi) is 6.58. The number of aliphatic imine (C=N–C) groups is 1. The van der Waals surface area contributed by atoms with E-state index in [1.165, 1.54) is 12.1 Å². The summed E-state index contributed by atoms with van der Waals surface area (Å²) in [6.45, 7) is -0.181. The number of nitrogens with one attached hydrogen (secondary N) is 3. The number of aromatic amines is 1. The Labute approximate surface area is 166 Å². The van der Waals surface area contributed by atoms with Crippen LogP contribution in [0.15, 0.2) is 53.5 Å². The van der Waals surface area contributed by atoms with Crippen LogP contribution in [0, 0.1) is 0 Å². The van der Waals surface area contributed by atoms with Crippen molar-refractivity contribution in [2.45, 2.75) is 19.1 Å². The number of alkyl halides is 3. The van der Waals surface area contributed by atoms with Crippen LogP contribution in [0.3, 0.4) is 0 Å². The highest BCUT2D eigenvalue weighted by Gasteiger charge is 2.28. The summed E-state index contributed by atoms with van der Waals surface area (Å²) >= 11 is 0. The second-order valence-electron chi connectivity index (χ2n) is 6.35. The van der Waals surface area contributed by atoms with Gasteiger partial charge in [-0.25, -0.2) is 4.98 Å². The molecule has 3 N–H and O–H groups in total. The van der Waals surface area contributed by atoms with Crippen LogP contribution in [-0.4, -0.2) is 42.3 Å². The van der Waals surface area contributed by atoms with Crippen molar-refractivity contribution in [3.63, 3.8) is 0 Å². The third-order valence-corrected chi connectivity index (χ3v) is 4.10. The van der Waals surface area contributed by atoms with E-state index < -0.39 is 12.8 Å². The van der Waals surface area contributed by atoms with E-state index in [1.807, 2.05) is 24.3 Å². The minimum atomic E-state index is -4.35. The van der Waals surface area contributed by atoms with Crippen molar-refractivity contribution in [1.29, 1.82) is 0 Å². The van der Waals surface area contributed by atoms with Crippen molar-refractivity contribution in [1.82, 2.24) is 20.6 Å². The molecule has 9 heteroatoms. The van der Waals surface area contributed by atoms with E-state index in [4.69, 9.17) is 4.74 Å². The van der Waals surface area contributed by atoms with Crippen LogP contribution in [0.1, 0.15) is 11.4 Å². The van der Waals surface area contributed by atoms with Gasteiger partial charge in [-0.3, -0.25) is 4.99 Å². The van der Waals surface area contributed by atoms with Gasteiger partial charge in [-0.2, -0.15) is 13.2 Å². The lowest BCUT2D eigenvalue weighted by atomic mass is 10.2. The Bertz CT molecular complexity index is 918. The molecule has 0 unspecified atom stereocenters. The number of benzene rings is 2. The predicted molar refractivity (Wildman–Crippen MR) is 106 cm³/mol. The maximum Gasteiger partial charge on any atom is 0.422 e. The summed E-state index contributed by atoms with van der Waals surface area (Å²) in [7, 11) is 1.67. The van der Waals surface area contributed by atoms with Gasteiger partial charge in [-0.1, -0.05) is 24.3 Å². The number of fused-ring (bicyclic) bond motifs is 1. The molecule has 0 fully saturated rings. The molecule has 0 saturated carbocycles. The topological polar surface area (TPSA) is 74.3 Å². The molecule has 0 amide bonds.